The van der Waals surface area contributed by atoms with Crippen molar-refractivity contribution in [2.24, 2.45) is 14.1 Å². The number of nitrogens with zero attached hydrogens (tertiary/aromatic N) is 4. The second-order valence-electron chi connectivity index (χ2n) is 7.76. The molecule has 2 aromatic heterocycles. The van der Waals surface area contributed by atoms with E-state index in [1.54, 1.807) is 35.6 Å². The van der Waals surface area contributed by atoms with Crippen LogP contribution >= 0.6 is 0 Å². The first-order valence-electron chi connectivity index (χ1n) is 9.56. The van der Waals surface area contributed by atoms with E-state index in [9.17, 15) is 9.59 Å². The molecule has 0 amide bonds. The fourth-order valence-electron chi connectivity index (χ4n) is 4.35. The summed E-state index contributed by atoms with van der Waals surface area (Å²) in [5, 5.41) is 0. The predicted octanol–water partition coefficient (Wildman–Crippen LogP) is 2.96. The highest BCUT2D eigenvalue weighted by Gasteiger charge is 2.38. The van der Waals surface area contributed by atoms with Crippen LogP contribution in [-0.4, -0.2) is 31.0 Å². The molecule has 0 radical (unpaired) electrons. The Morgan fingerprint density at radius 2 is 1.31 bits per heavy atom. The van der Waals surface area contributed by atoms with Gasteiger partial charge in [0.15, 0.2) is 22.9 Å². The molecule has 0 aliphatic heterocycles. The van der Waals surface area contributed by atoms with E-state index in [2.05, 4.69) is 9.97 Å². The number of aromatic nitrogens is 4. The second kappa shape index (κ2) is 6.58. The van der Waals surface area contributed by atoms with Crippen LogP contribution in [0.25, 0.3) is 0 Å². The van der Waals surface area contributed by atoms with Gasteiger partial charge in [-0.15, -0.1) is 0 Å². The topological polar surface area (TPSA) is 88.2 Å². The summed E-state index contributed by atoms with van der Waals surface area (Å²) in [6.07, 6.45) is 9.59. The van der Waals surface area contributed by atoms with E-state index in [1.165, 1.54) is 23.8 Å². The maximum atomic E-state index is 12.5. The van der Waals surface area contributed by atoms with Gasteiger partial charge >= 0.3 is 11.9 Å². The molecule has 1 saturated carbocycles. The number of imidazole rings is 2. The van der Waals surface area contributed by atoms with E-state index in [1.807, 2.05) is 12.1 Å². The summed E-state index contributed by atoms with van der Waals surface area (Å²) in [7, 11) is 3.55. The van der Waals surface area contributed by atoms with E-state index in [0.717, 1.165) is 19.3 Å². The van der Waals surface area contributed by atoms with E-state index in [-0.39, 0.29) is 22.9 Å². The monoisotopic (exact) mass is 392 g/mol. The lowest BCUT2D eigenvalue weighted by Gasteiger charge is -2.18. The zero-order valence-corrected chi connectivity index (χ0v) is 16.2. The molecule has 2 aliphatic carbocycles. The van der Waals surface area contributed by atoms with Crippen LogP contribution in [0.4, 0.5) is 0 Å². The van der Waals surface area contributed by atoms with Crippen molar-refractivity contribution in [2.45, 2.75) is 31.1 Å². The maximum absolute atomic E-state index is 12.5. The number of fused-ring (bicyclic) bond motifs is 5. The van der Waals surface area contributed by atoms with Crippen LogP contribution in [0, 0.1) is 0 Å². The Morgan fingerprint density at radius 1 is 0.862 bits per heavy atom. The Kier molecular flexibility index (Phi) is 4.01. The molecule has 148 valence electrons. The first-order chi connectivity index (χ1) is 14.0. The summed E-state index contributed by atoms with van der Waals surface area (Å²) in [5.41, 5.74) is 2.75. The zero-order valence-electron chi connectivity index (χ0n) is 16.2. The molecular weight excluding hydrogens is 372 g/mol. The van der Waals surface area contributed by atoms with Crippen molar-refractivity contribution in [2.75, 3.05) is 0 Å². The Morgan fingerprint density at radius 3 is 1.69 bits per heavy atom. The molecule has 8 heteroatoms. The van der Waals surface area contributed by atoms with Crippen LogP contribution in [0.5, 0.6) is 11.5 Å². The van der Waals surface area contributed by atoms with E-state index in [4.69, 9.17) is 9.47 Å². The summed E-state index contributed by atoms with van der Waals surface area (Å²) >= 11 is 0. The fraction of sp³-hybridized carbons (Fsp3) is 0.333. The zero-order chi connectivity index (χ0) is 20.1. The minimum absolute atomic E-state index is 0.191. The molecule has 0 spiro atoms. The van der Waals surface area contributed by atoms with Crippen molar-refractivity contribution in [1.29, 1.82) is 0 Å². The molecule has 2 heterocycles. The standard InChI is InChI=1S/C21H20N4O4/c1-24-8-16(22-10-24)20(26)28-18-6-14-12-3-4-13(5-12)15(14)7-19(18)29-21(27)17-9-25(2)11-23-17/h6-13H,3-5H2,1-2H3. The summed E-state index contributed by atoms with van der Waals surface area (Å²) in [6, 6.07) is 3.70. The lowest BCUT2D eigenvalue weighted by Crippen LogP contribution is -2.14. The molecule has 2 atom stereocenters. The summed E-state index contributed by atoms with van der Waals surface area (Å²) in [4.78, 5) is 33.2. The average Bonchev–Trinajstić information content (AvgIpc) is 3.46. The van der Waals surface area contributed by atoms with Gasteiger partial charge in [-0.05, 0) is 54.4 Å². The molecule has 2 bridgehead atoms. The normalized spacial score (nSPS) is 19.2. The van der Waals surface area contributed by atoms with Crippen LogP contribution in [0.3, 0.4) is 0 Å². The van der Waals surface area contributed by atoms with Gasteiger partial charge in [-0.1, -0.05) is 0 Å². The van der Waals surface area contributed by atoms with Gasteiger partial charge in [0.05, 0.1) is 12.7 Å². The Balaban J connectivity index is 1.49. The van der Waals surface area contributed by atoms with Gasteiger partial charge in [0.1, 0.15) is 0 Å². The number of esters is 2. The number of aryl methyl sites for hydroxylation is 2. The smallest absolute Gasteiger partial charge is 0.364 e. The van der Waals surface area contributed by atoms with Gasteiger partial charge in [0, 0.05) is 26.5 Å². The number of ether oxygens (including phenoxy) is 2. The number of rotatable bonds is 4. The van der Waals surface area contributed by atoms with Gasteiger partial charge in [0.2, 0.25) is 0 Å². The number of carbonyl (C=O) groups excluding carboxylic acids is 2. The van der Waals surface area contributed by atoms with Crippen molar-refractivity contribution in [1.82, 2.24) is 19.1 Å². The Hall–Kier alpha value is -3.42. The van der Waals surface area contributed by atoms with Crippen LogP contribution in [0.15, 0.2) is 37.2 Å². The molecule has 0 saturated heterocycles. The lowest BCUT2D eigenvalue weighted by molar-refractivity contribution is 0.0676. The summed E-state index contributed by atoms with van der Waals surface area (Å²) in [6.45, 7) is 0. The molecular formula is C21H20N4O4. The predicted molar refractivity (Wildman–Crippen MR) is 102 cm³/mol. The van der Waals surface area contributed by atoms with Crippen molar-refractivity contribution < 1.29 is 19.1 Å². The Bertz CT molecular complexity index is 1040. The third-order valence-electron chi connectivity index (χ3n) is 5.69. The van der Waals surface area contributed by atoms with Crippen LogP contribution in [0.2, 0.25) is 0 Å². The Labute approximate surface area is 167 Å². The first-order valence-corrected chi connectivity index (χ1v) is 9.56. The third-order valence-corrected chi connectivity index (χ3v) is 5.69. The van der Waals surface area contributed by atoms with E-state index in [0.29, 0.717) is 11.8 Å². The van der Waals surface area contributed by atoms with Crippen molar-refractivity contribution in [3.63, 3.8) is 0 Å². The highest BCUT2D eigenvalue weighted by molar-refractivity contribution is 5.91. The highest BCUT2D eigenvalue weighted by Crippen LogP contribution is 2.55. The molecule has 1 fully saturated rings. The largest absolute Gasteiger partial charge is 0.418 e. The second-order valence-corrected chi connectivity index (χ2v) is 7.76. The van der Waals surface area contributed by atoms with Crippen LogP contribution < -0.4 is 9.47 Å². The van der Waals surface area contributed by atoms with Gasteiger partial charge in [-0.25, -0.2) is 19.6 Å². The third kappa shape index (κ3) is 3.10. The number of carbonyl (C=O) groups is 2. The summed E-state index contributed by atoms with van der Waals surface area (Å²) < 4.78 is 14.5. The highest BCUT2D eigenvalue weighted by atomic mass is 16.6. The van der Waals surface area contributed by atoms with Gasteiger partial charge in [-0.2, -0.15) is 0 Å². The lowest BCUT2D eigenvalue weighted by atomic mass is 9.91. The molecule has 29 heavy (non-hydrogen) atoms. The minimum Gasteiger partial charge on any atom is -0.418 e. The van der Waals surface area contributed by atoms with Crippen LogP contribution in [0.1, 0.15) is 63.2 Å². The molecule has 5 rings (SSSR count). The van der Waals surface area contributed by atoms with Crippen molar-refractivity contribution in [3.8, 4) is 11.5 Å². The minimum atomic E-state index is -0.594. The number of hydrogen-bond acceptors (Lipinski definition) is 6. The van der Waals surface area contributed by atoms with Gasteiger partial charge in [-0.3, -0.25) is 0 Å². The quantitative estimate of drug-likeness (QED) is 0.501. The van der Waals surface area contributed by atoms with Crippen LogP contribution in [-0.2, 0) is 14.1 Å². The maximum Gasteiger partial charge on any atom is 0.364 e. The molecule has 0 N–H and O–H groups in total. The fourth-order valence-corrected chi connectivity index (χ4v) is 4.35. The number of hydrogen-bond donors (Lipinski definition) is 0. The van der Waals surface area contributed by atoms with E-state index < -0.39 is 11.9 Å². The van der Waals surface area contributed by atoms with E-state index >= 15 is 0 Å². The molecule has 3 aromatic rings. The average molecular weight is 392 g/mol. The van der Waals surface area contributed by atoms with Gasteiger partial charge in [0.25, 0.3) is 0 Å². The number of benzene rings is 1. The van der Waals surface area contributed by atoms with Gasteiger partial charge < -0.3 is 18.6 Å². The molecule has 2 aliphatic rings. The summed E-state index contributed by atoms with van der Waals surface area (Å²) in [5.74, 6) is 0.228. The first kappa shape index (κ1) is 17.7. The van der Waals surface area contributed by atoms with Crippen molar-refractivity contribution >= 4 is 11.9 Å². The van der Waals surface area contributed by atoms with Crippen molar-refractivity contribution in [3.05, 3.63) is 59.7 Å². The molecule has 2 unspecified atom stereocenters. The molecule has 8 nitrogen and oxygen atoms in total. The SMILES string of the molecule is Cn1cnc(C(=O)Oc2cc3c(cc2OC(=O)c2cn(C)cn2)C2CCC3C2)c1. The molecule has 1 aromatic carbocycles.